The van der Waals surface area contributed by atoms with Crippen LogP contribution in [0.3, 0.4) is 0 Å². The molecule has 0 spiro atoms. The van der Waals surface area contributed by atoms with E-state index in [4.69, 9.17) is 14.6 Å². The van der Waals surface area contributed by atoms with Gasteiger partial charge in [-0.05, 0) is 54.7 Å². The van der Waals surface area contributed by atoms with E-state index >= 15 is 0 Å². The molecular formula is C31H31NO6S. The van der Waals surface area contributed by atoms with Gasteiger partial charge in [0.1, 0.15) is 18.0 Å². The van der Waals surface area contributed by atoms with E-state index in [-0.39, 0.29) is 12.3 Å². The Hall–Kier alpha value is -4.17. The maximum atomic E-state index is 11.5. The lowest BCUT2D eigenvalue weighted by molar-refractivity contribution is -0.137. The zero-order valence-corrected chi connectivity index (χ0v) is 22.5. The first-order valence-electron chi connectivity index (χ1n) is 12.7. The first-order chi connectivity index (χ1) is 18.9. The number of thioether (sulfide) groups is 1. The van der Waals surface area contributed by atoms with Gasteiger partial charge in [-0.3, -0.25) is 9.59 Å². The van der Waals surface area contributed by atoms with E-state index in [9.17, 15) is 14.7 Å². The highest BCUT2D eigenvalue weighted by Gasteiger charge is 2.14. The molecule has 202 valence electrons. The summed E-state index contributed by atoms with van der Waals surface area (Å²) >= 11 is 1.18. The number of unbranched alkanes of at least 4 members (excludes halogenated alkanes) is 1. The predicted octanol–water partition coefficient (Wildman–Crippen LogP) is 6.62. The van der Waals surface area contributed by atoms with Gasteiger partial charge in [0.2, 0.25) is 0 Å². The number of carboxylic acid groups (broad SMARTS) is 2. The van der Waals surface area contributed by atoms with Crippen molar-refractivity contribution < 1.29 is 29.3 Å². The van der Waals surface area contributed by atoms with Crippen LogP contribution in [0.5, 0.6) is 11.5 Å². The summed E-state index contributed by atoms with van der Waals surface area (Å²) in [6, 6.07) is 21.5. The summed E-state index contributed by atoms with van der Waals surface area (Å²) in [4.78, 5) is 23.2. The molecule has 39 heavy (non-hydrogen) atoms. The van der Waals surface area contributed by atoms with E-state index in [0.29, 0.717) is 13.2 Å². The molecule has 0 saturated heterocycles. The van der Waals surface area contributed by atoms with Crippen molar-refractivity contribution in [2.75, 3.05) is 19.0 Å². The van der Waals surface area contributed by atoms with Crippen LogP contribution in [0.1, 0.15) is 29.5 Å². The maximum absolute atomic E-state index is 11.5. The minimum atomic E-state index is -0.963. The molecule has 1 heterocycles. The molecule has 4 aromatic rings. The molecule has 0 bridgehead atoms. The fourth-order valence-electron chi connectivity index (χ4n) is 4.17. The van der Waals surface area contributed by atoms with E-state index in [1.807, 2.05) is 85.8 Å². The van der Waals surface area contributed by atoms with Gasteiger partial charge in [-0.15, -0.1) is 11.8 Å². The molecule has 0 saturated carbocycles. The number of ether oxygens (including phenoxy) is 2. The van der Waals surface area contributed by atoms with E-state index < -0.39 is 11.9 Å². The Bertz CT molecular complexity index is 1460. The Balaban J connectivity index is 1.35. The van der Waals surface area contributed by atoms with Crippen molar-refractivity contribution in [2.24, 2.45) is 0 Å². The molecular weight excluding hydrogens is 514 g/mol. The highest BCUT2D eigenvalue weighted by molar-refractivity contribution is 8.00. The number of hydrogen-bond donors (Lipinski definition) is 2. The Morgan fingerprint density at radius 3 is 2.33 bits per heavy atom. The quantitative estimate of drug-likeness (QED) is 0.104. The second-order valence-corrected chi connectivity index (χ2v) is 10.0. The number of hydrogen-bond acceptors (Lipinski definition) is 5. The number of nitrogens with zero attached hydrogens (tertiary/aromatic N) is 1. The first kappa shape index (κ1) is 27.9. The van der Waals surface area contributed by atoms with E-state index in [0.717, 1.165) is 56.8 Å². The second kappa shape index (κ2) is 13.6. The van der Waals surface area contributed by atoms with Crippen LogP contribution >= 0.6 is 11.8 Å². The summed E-state index contributed by atoms with van der Waals surface area (Å²) in [6.07, 6.45) is 7.41. The van der Waals surface area contributed by atoms with Crippen molar-refractivity contribution in [3.63, 3.8) is 0 Å². The number of fused-ring (bicyclic) bond motifs is 1. The van der Waals surface area contributed by atoms with Gasteiger partial charge in [-0.1, -0.05) is 60.7 Å². The fourth-order valence-corrected chi connectivity index (χ4v) is 4.97. The Morgan fingerprint density at radius 2 is 1.62 bits per heavy atom. The van der Waals surface area contributed by atoms with Crippen LogP contribution in [0.4, 0.5) is 0 Å². The minimum Gasteiger partial charge on any atom is -0.494 e. The summed E-state index contributed by atoms with van der Waals surface area (Å²) in [7, 11) is 0. The Labute approximate surface area is 231 Å². The van der Waals surface area contributed by atoms with Crippen LogP contribution in [0, 0.1) is 6.92 Å². The van der Waals surface area contributed by atoms with Gasteiger partial charge < -0.3 is 24.3 Å². The van der Waals surface area contributed by atoms with Crippen molar-refractivity contribution in [2.45, 2.75) is 31.2 Å². The molecule has 0 fully saturated rings. The average Bonchev–Trinajstić information content (AvgIpc) is 3.27. The third-order valence-corrected chi connectivity index (χ3v) is 7.07. The summed E-state index contributed by atoms with van der Waals surface area (Å²) in [5.41, 5.74) is 3.72. The lowest BCUT2D eigenvalue weighted by Crippen LogP contribution is -2.07. The Kier molecular flexibility index (Phi) is 9.69. The molecule has 0 amide bonds. The smallest absolute Gasteiger partial charge is 0.323 e. The average molecular weight is 546 g/mol. The third-order valence-electron chi connectivity index (χ3n) is 6.04. The monoisotopic (exact) mass is 545 g/mol. The van der Waals surface area contributed by atoms with Gasteiger partial charge in [0.25, 0.3) is 0 Å². The van der Waals surface area contributed by atoms with E-state index in [1.165, 1.54) is 11.8 Å². The molecule has 0 unspecified atom stereocenters. The molecule has 0 atom stereocenters. The standard InChI is InChI=1S/C31H31NO6S/c1-22-7-2-3-10-27(22)38-18-5-4-17-37-25-15-12-23(13-16-25)11-14-24-8-6-9-26-28(39-21-30(35)36)19-32(31(24)26)20-29(33)34/h2-3,6-16,19H,4-5,17-18,20-21H2,1H3,(H,33,34)(H,35,36). The van der Waals surface area contributed by atoms with Crippen molar-refractivity contribution in [1.29, 1.82) is 0 Å². The number of aliphatic carboxylic acids is 2. The minimum absolute atomic E-state index is 0.0954. The van der Waals surface area contributed by atoms with Crippen LogP contribution < -0.4 is 9.47 Å². The van der Waals surface area contributed by atoms with Gasteiger partial charge in [0.15, 0.2) is 0 Å². The summed E-state index contributed by atoms with van der Waals surface area (Å²) in [5, 5.41) is 19.3. The van der Waals surface area contributed by atoms with Crippen LogP contribution in [-0.4, -0.2) is 45.7 Å². The zero-order valence-electron chi connectivity index (χ0n) is 21.7. The van der Waals surface area contributed by atoms with Crippen LogP contribution in [0.2, 0.25) is 0 Å². The van der Waals surface area contributed by atoms with Crippen molar-refractivity contribution in [1.82, 2.24) is 4.57 Å². The van der Waals surface area contributed by atoms with Crippen molar-refractivity contribution >= 4 is 46.8 Å². The number of benzene rings is 3. The zero-order chi connectivity index (χ0) is 27.6. The predicted molar refractivity (Wildman–Crippen MR) is 155 cm³/mol. The van der Waals surface area contributed by atoms with Gasteiger partial charge in [-0.2, -0.15) is 0 Å². The molecule has 8 heteroatoms. The van der Waals surface area contributed by atoms with Gasteiger partial charge in [0, 0.05) is 16.5 Å². The van der Waals surface area contributed by atoms with Crippen molar-refractivity contribution in [3.8, 4) is 11.5 Å². The number of aromatic nitrogens is 1. The highest BCUT2D eigenvalue weighted by atomic mass is 32.2. The van der Waals surface area contributed by atoms with Crippen molar-refractivity contribution in [3.05, 3.63) is 89.6 Å². The van der Waals surface area contributed by atoms with Crippen LogP contribution in [0.15, 0.2) is 77.8 Å². The molecule has 2 N–H and O–H groups in total. The molecule has 0 aliphatic heterocycles. The van der Waals surface area contributed by atoms with Gasteiger partial charge >= 0.3 is 11.9 Å². The fraction of sp³-hybridized carbons (Fsp3) is 0.226. The number of para-hydroxylation sites is 2. The van der Waals surface area contributed by atoms with E-state index in [1.54, 1.807) is 10.8 Å². The maximum Gasteiger partial charge on any atom is 0.323 e. The molecule has 0 aliphatic rings. The molecule has 1 aromatic heterocycles. The molecule has 3 aromatic carbocycles. The lowest BCUT2D eigenvalue weighted by atomic mass is 10.1. The number of rotatable bonds is 14. The highest BCUT2D eigenvalue weighted by Crippen LogP contribution is 2.33. The molecule has 0 aliphatic carbocycles. The SMILES string of the molecule is Cc1ccccc1OCCCCOc1ccc(C=Cc2cccc3c(SCC(=O)O)cn(CC(=O)O)c23)cc1. The summed E-state index contributed by atoms with van der Waals surface area (Å²) in [6.45, 7) is 3.09. The second-order valence-electron chi connectivity index (χ2n) is 9.01. The number of carbonyl (C=O) groups is 2. The molecule has 4 rings (SSSR count). The van der Waals surface area contributed by atoms with E-state index in [2.05, 4.69) is 0 Å². The third kappa shape index (κ3) is 7.91. The largest absolute Gasteiger partial charge is 0.494 e. The summed E-state index contributed by atoms with van der Waals surface area (Å²) in [5.74, 6) is -0.262. The molecule has 0 radical (unpaired) electrons. The number of aryl methyl sites for hydroxylation is 1. The first-order valence-corrected chi connectivity index (χ1v) is 13.7. The van der Waals surface area contributed by atoms with Crippen LogP contribution in [-0.2, 0) is 16.1 Å². The topological polar surface area (TPSA) is 98.0 Å². The summed E-state index contributed by atoms with van der Waals surface area (Å²) < 4.78 is 13.4. The normalized spacial score (nSPS) is 11.2. The van der Waals surface area contributed by atoms with Gasteiger partial charge in [-0.25, -0.2) is 0 Å². The number of carboxylic acids is 2. The molecule has 7 nitrogen and oxygen atoms in total. The van der Waals surface area contributed by atoms with Gasteiger partial charge in [0.05, 0.1) is 24.5 Å². The lowest BCUT2D eigenvalue weighted by Gasteiger charge is -2.09. The van der Waals surface area contributed by atoms with Crippen LogP contribution in [0.25, 0.3) is 23.1 Å². The Morgan fingerprint density at radius 1 is 0.872 bits per heavy atom.